The van der Waals surface area contributed by atoms with Crippen LogP contribution in [-0.2, 0) is 6.42 Å². The Kier molecular flexibility index (Phi) is 3.50. The van der Waals surface area contributed by atoms with Crippen LogP contribution in [0.25, 0.3) is 0 Å². The fourth-order valence-corrected chi connectivity index (χ4v) is 3.24. The van der Waals surface area contributed by atoms with E-state index in [4.69, 9.17) is 10.5 Å². The van der Waals surface area contributed by atoms with E-state index in [9.17, 15) is 0 Å². The predicted molar refractivity (Wildman–Crippen MR) is 77.4 cm³/mol. The van der Waals surface area contributed by atoms with Crippen LogP contribution in [-0.4, -0.2) is 31.1 Å². The Morgan fingerprint density at radius 1 is 1.37 bits per heavy atom. The van der Waals surface area contributed by atoms with Crippen LogP contribution in [0.4, 0.5) is 0 Å². The second-order valence-electron chi connectivity index (χ2n) is 5.89. The molecule has 0 aromatic heterocycles. The highest BCUT2D eigenvalue weighted by Crippen LogP contribution is 2.37. The van der Waals surface area contributed by atoms with Crippen molar-refractivity contribution < 1.29 is 4.74 Å². The molecule has 2 N–H and O–H groups in total. The van der Waals surface area contributed by atoms with Crippen molar-refractivity contribution in [3.05, 3.63) is 29.3 Å². The second kappa shape index (κ2) is 5.14. The minimum absolute atomic E-state index is 0.129. The first kappa shape index (κ1) is 12.9. The number of fused-ring (bicyclic) bond motifs is 1. The fraction of sp³-hybridized carbons (Fsp3) is 0.625. The van der Waals surface area contributed by atoms with Gasteiger partial charge in [-0.05, 0) is 55.0 Å². The second-order valence-corrected chi connectivity index (χ2v) is 5.89. The van der Waals surface area contributed by atoms with Crippen LogP contribution in [0.1, 0.15) is 36.9 Å². The van der Waals surface area contributed by atoms with Crippen LogP contribution in [0.15, 0.2) is 18.2 Å². The molecular weight excluding hydrogens is 236 g/mol. The molecule has 1 aromatic carbocycles. The molecule has 19 heavy (non-hydrogen) atoms. The van der Waals surface area contributed by atoms with Gasteiger partial charge in [-0.1, -0.05) is 13.0 Å². The topological polar surface area (TPSA) is 38.5 Å². The number of ether oxygens (including phenoxy) is 1. The Morgan fingerprint density at radius 2 is 2.16 bits per heavy atom. The van der Waals surface area contributed by atoms with Crippen molar-refractivity contribution in [2.24, 2.45) is 11.7 Å². The van der Waals surface area contributed by atoms with E-state index in [-0.39, 0.29) is 6.04 Å². The van der Waals surface area contributed by atoms with Crippen molar-refractivity contribution in [1.29, 1.82) is 0 Å². The Labute approximate surface area is 115 Å². The van der Waals surface area contributed by atoms with Gasteiger partial charge in [0.25, 0.3) is 0 Å². The van der Waals surface area contributed by atoms with E-state index in [2.05, 4.69) is 24.0 Å². The summed E-state index contributed by atoms with van der Waals surface area (Å²) in [4.78, 5) is 2.58. The summed E-state index contributed by atoms with van der Waals surface area (Å²) in [6, 6.07) is 6.94. The number of nitrogens with zero attached hydrogens (tertiary/aromatic N) is 1. The Hall–Kier alpha value is -1.06. The molecule has 0 spiro atoms. The van der Waals surface area contributed by atoms with Gasteiger partial charge in [0.15, 0.2) is 0 Å². The van der Waals surface area contributed by atoms with E-state index < -0.39 is 0 Å². The molecule has 0 amide bonds. The molecule has 2 aliphatic carbocycles. The van der Waals surface area contributed by atoms with Gasteiger partial charge in [0.2, 0.25) is 0 Å². The van der Waals surface area contributed by atoms with Gasteiger partial charge in [0.05, 0.1) is 7.11 Å². The third-order valence-corrected chi connectivity index (χ3v) is 4.62. The Bertz CT molecular complexity index is 456. The smallest absolute Gasteiger partial charge is 0.119 e. The molecule has 3 heteroatoms. The molecule has 2 atom stereocenters. The highest BCUT2D eigenvalue weighted by molar-refractivity contribution is 5.42. The summed E-state index contributed by atoms with van der Waals surface area (Å²) in [7, 11) is 1.71. The van der Waals surface area contributed by atoms with E-state index in [0.29, 0.717) is 6.04 Å². The molecule has 0 aliphatic heterocycles. The summed E-state index contributed by atoms with van der Waals surface area (Å²) in [6.07, 6.45) is 3.89. The van der Waals surface area contributed by atoms with Gasteiger partial charge < -0.3 is 10.5 Å². The normalized spacial score (nSPS) is 25.7. The SMILES string of the molecule is CCN(CC1CC1)C1Cc2ccc(OC)cc2C1N. The highest BCUT2D eigenvalue weighted by Gasteiger charge is 2.36. The van der Waals surface area contributed by atoms with Crippen LogP contribution in [0, 0.1) is 5.92 Å². The third kappa shape index (κ3) is 2.49. The van der Waals surface area contributed by atoms with E-state index in [1.807, 2.05) is 6.07 Å². The first-order valence-corrected chi connectivity index (χ1v) is 7.39. The molecule has 0 saturated heterocycles. The number of nitrogens with two attached hydrogens (primary N) is 1. The minimum Gasteiger partial charge on any atom is -0.497 e. The first-order chi connectivity index (χ1) is 9.22. The monoisotopic (exact) mass is 260 g/mol. The summed E-state index contributed by atoms with van der Waals surface area (Å²) < 4.78 is 5.32. The molecule has 104 valence electrons. The van der Waals surface area contributed by atoms with Crippen LogP contribution in [0.3, 0.4) is 0 Å². The number of rotatable bonds is 5. The summed E-state index contributed by atoms with van der Waals surface area (Å²) in [5.41, 5.74) is 9.16. The summed E-state index contributed by atoms with van der Waals surface area (Å²) in [5.74, 6) is 1.84. The maximum atomic E-state index is 6.49. The lowest BCUT2D eigenvalue weighted by atomic mass is 10.1. The van der Waals surface area contributed by atoms with Crippen molar-refractivity contribution in [1.82, 2.24) is 4.90 Å². The zero-order valence-corrected chi connectivity index (χ0v) is 11.9. The largest absolute Gasteiger partial charge is 0.497 e. The van der Waals surface area contributed by atoms with Crippen molar-refractivity contribution in [3.8, 4) is 5.75 Å². The highest BCUT2D eigenvalue weighted by atomic mass is 16.5. The van der Waals surface area contributed by atoms with Crippen molar-refractivity contribution >= 4 is 0 Å². The van der Waals surface area contributed by atoms with Gasteiger partial charge in [-0.25, -0.2) is 0 Å². The fourth-order valence-electron chi connectivity index (χ4n) is 3.24. The van der Waals surface area contributed by atoms with Crippen molar-refractivity contribution in [2.75, 3.05) is 20.2 Å². The van der Waals surface area contributed by atoms with E-state index in [1.54, 1.807) is 7.11 Å². The number of likely N-dealkylation sites (N-methyl/N-ethyl adjacent to an activating group) is 1. The van der Waals surface area contributed by atoms with E-state index >= 15 is 0 Å². The lowest BCUT2D eigenvalue weighted by Gasteiger charge is -2.30. The molecule has 2 unspecified atom stereocenters. The molecule has 0 heterocycles. The Morgan fingerprint density at radius 3 is 2.79 bits per heavy atom. The zero-order chi connectivity index (χ0) is 13.4. The molecule has 1 saturated carbocycles. The van der Waals surface area contributed by atoms with Crippen LogP contribution in [0.5, 0.6) is 5.75 Å². The van der Waals surface area contributed by atoms with E-state index in [1.165, 1.54) is 30.5 Å². The molecule has 2 aliphatic rings. The maximum Gasteiger partial charge on any atom is 0.119 e. The first-order valence-electron chi connectivity index (χ1n) is 7.39. The van der Waals surface area contributed by atoms with Crippen LogP contribution >= 0.6 is 0 Å². The van der Waals surface area contributed by atoms with Gasteiger partial charge in [-0.3, -0.25) is 4.90 Å². The molecular formula is C16H24N2O. The van der Waals surface area contributed by atoms with Gasteiger partial charge in [-0.2, -0.15) is 0 Å². The number of methoxy groups -OCH3 is 1. The molecule has 3 nitrogen and oxygen atoms in total. The number of hydrogen-bond donors (Lipinski definition) is 1. The lowest BCUT2D eigenvalue weighted by molar-refractivity contribution is 0.181. The lowest BCUT2D eigenvalue weighted by Crippen LogP contribution is -2.42. The molecule has 1 fully saturated rings. The standard InChI is InChI=1S/C16H24N2O/c1-3-18(10-11-4-5-11)15-8-12-6-7-13(19-2)9-14(12)16(15)17/h6-7,9,11,15-16H,3-5,8,10,17H2,1-2H3. The summed E-state index contributed by atoms with van der Waals surface area (Å²) in [5, 5.41) is 0. The number of benzene rings is 1. The molecule has 0 bridgehead atoms. The molecule has 1 aromatic rings. The zero-order valence-electron chi connectivity index (χ0n) is 11.9. The van der Waals surface area contributed by atoms with Gasteiger partial charge in [-0.15, -0.1) is 0 Å². The summed E-state index contributed by atoms with van der Waals surface area (Å²) in [6.45, 7) is 4.57. The van der Waals surface area contributed by atoms with Gasteiger partial charge >= 0.3 is 0 Å². The van der Waals surface area contributed by atoms with Crippen molar-refractivity contribution in [3.63, 3.8) is 0 Å². The molecule has 3 rings (SSSR count). The summed E-state index contributed by atoms with van der Waals surface area (Å²) >= 11 is 0. The van der Waals surface area contributed by atoms with Crippen LogP contribution < -0.4 is 10.5 Å². The quantitative estimate of drug-likeness (QED) is 0.883. The maximum absolute atomic E-state index is 6.49. The molecule has 0 radical (unpaired) electrons. The minimum atomic E-state index is 0.129. The average molecular weight is 260 g/mol. The predicted octanol–water partition coefficient (Wildman–Crippen LogP) is 2.35. The van der Waals surface area contributed by atoms with Crippen LogP contribution in [0.2, 0.25) is 0 Å². The van der Waals surface area contributed by atoms with E-state index in [0.717, 1.165) is 24.6 Å². The Balaban J connectivity index is 1.78. The average Bonchev–Trinajstić information content (AvgIpc) is 3.20. The van der Waals surface area contributed by atoms with Gasteiger partial charge in [0, 0.05) is 18.6 Å². The van der Waals surface area contributed by atoms with Crippen molar-refractivity contribution in [2.45, 2.75) is 38.3 Å². The third-order valence-electron chi connectivity index (χ3n) is 4.62. The van der Waals surface area contributed by atoms with Gasteiger partial charge in [0.1, 0.15) is 5.75 Å². The number of hydrogen-bond acceptors (Lipinski definition) is 3.